The lowest BCUT2D eigenvalue weighted by atomic mass is 10.2. The quantitative estimate of drug-likeness (QED) is 0.362. The first kappa shape index (κ1) is 23.9. The maximum atomic E-state index is 13.2. The van der Waals surface area contributed by atoms with Gasteiger partial charge in [0.15, 0.2) is 11.6 Å². The van der Waals surface area contributed by atoms with Gasteiger partial charge in [-0.2, -0.15) is 0 Å². The van der Waals surface area contributed by atoms with Crippen LogP contribution in [0.2, 0.25) is 0 Å². The Morgan fingerprint density at radius 3 is 2.31 bits per heavy atom. The van der Waals surface area contributed by atoms with Gasteiger partial charge >= 0.3 is 0 Å². The molecule has 12 nitrogen and oxygen atoms in total. The molecule has 1 atom stereocenters. The highest BCUT2D eigenvalue weighted by molar-refractivity contribution is 7.93. The number of benzene rings is 1. The van der Waals surface area contributed by atoms with Gasteiger partial charge in [0, 0.05) is 18.8 Å². The summed E-state index contributed by atoms with van der Waals surface area (Å²) in [7, 11) is -1.08. The van der Waals surface area contributed by atoms with Gasteiger partial charge in [-0.05, 0) is 19.1 Å². The maximum absolute atomic E-state index is 13.2. The Morgan fingerprint density at radius 2 is 1.71 bits per heavy atom. The van der Waals surface area contributed by atoms with Gasteiger partial charge in [0.05, 0.1) is 38.1 Å². The van der Waals surface area contributed by atoms with Crippen molar-refractivity contribution >= 4 is 16.0 Å². The Kier molecular flexibility index (Phi) is 6.82. The largest absolute Gasteiger partial charge is 0.494 e. The number of para-hydroxylation sites is 1. The van der Waals surface area contributed by atoms with E-state index in [1.165, 1.54) is 44.3 Å². The van der Waals surface area contributed by atoms with Crippen LogP contribution in [0.25, 0.3) is 17.2 Å². The third kappa shape index (κ3) is 5.01. The highest BCUT2D eigenvalue weighted by Gasteiger charge is 2.28. The lowest BCUT2D eigenvalue weighted by Crippen LogP contribution is -2.29. The first-order valence-corrected chi connectivity index (χ1v) is 11.8. The van der Waals surface area contributed by atoms with Crippen molar-refractivity contribution in [2.24, 2.45) is 0 Å². The van der Waals surface area contributed by atoms with Crippen LogP contribution in [0.3, 0.4) is 0 Å². The molecule has 4 aromatic rings. The summed E-state index contributed by atoms with van der Waals surface area (Å²) in [4.78, 5) is 16.0. The lowest BCUT2D eigenvalue weighted by molar-refractivity contribution is 0.391. The van der Waals surface area contributed by atoms with Crippen LogP contribution in [0.15, 0.2) is 49.2 Å². The Morgan fingerprint density at radius 1 is 1.03 bits per heavy atom. The van der Waals surface area contributed by atoms with Crippen LogP contribution < -0.4 is 14.2 Å². The molecule has 0 bridgehead atoms. The zero-order valence-electron chi connectivity index (χ0n) is 19.0. The fraction of sp³-hybridized carbons (Fsp3) is 0.238. The number of hydrogen-bond acceptors (Lipinski definition) is 10. The normalized spacial score (nSPS) is 12.2. The summed E-state index contributed by atoms with van der Waals surface area (Å²) in [5.74, 6) is 0.397. The van der Waals surface area contributed by atoms with E-state index >= 15 is 0 Å². The van der Waals surface area contributed by atoms with Crippen LogP contribution in [0.1, 0.15) is 12.7 Å². The zero-order chi connectivity index (χ0) is 25.0. The van der Waals surface area contributed by atoms with Crippen molar-refractivity contribution in [1.29, 1.82) is 0 Å². The molecule has 14 heteroatoms. The van der Waals surface area contributed by atoms with E-state index in [0.717, 1.165) is 12.4 Å². The number of methoxy groups -OCH3 is 2. The van der Waals surface area contributed by atoms with Crippen LogP contribution in [0.4, 0.5) is 10.3 Å². The number of halogens is 1. The topological polar surface area (TPSA) is 147 Å². The number of rotatable bonds is 9. The molecule has 0 spiro atoms. The SMILES string of the molecule is COc1cccc(OC)c1-n1c(NS(=O)(=O)[C@H](C)Cc2ncc(F)cn2)nnc1-c1cnccn1. The third-order valence-corrected chi connectivity index (χ3v) is 6.68. The predicted octanol–water partition coefficient (Wildman–Crippen LogP) is 2.04. The summed E-state index contributed by atoms with van der Waals surface area (Å²) in [6.07, 6.45) is 6.34. The third-order valence-electron chi connectivity index (χ3n) is 4.99. The fourth-order valence-electron chi connectivity index (χ4n) is 3.23. The van der Waals surface area contributed by atoms with Crippen LogP contribution in [0, 0.1) is 5.82 Å². The van der Waals surface area contributed by atoms with Crippen molar-refractivity contribution in [2.75, 3.05) is 18.9 Å². The van der Waals surface area contributed by atoms with Gasteiger partial charge in [-0.3, -0.25) is 14.3 Å². The van der Waals surface area contributed by atoms with Crippen molar-refractivity contribution in [1.82, 2.24) is 34.7 Å². The molecule has 35 heavy (non-hydrogen) atoms. The molecule has 1 N–H and O–H groups in total. The summed E-state index contributed by atoms with van der Waals surface area (Å²) < 4.78 is 54.4. The van der Waals surface area contributed by atoms with E-state index in [0.29, 0.717) is 22.9 Å². The number of sulfonamides is 1. The summed E-state index contributed by atoms with van der Waals surface area (Å²) in [5, 5.41) is 7.24. The van der Waals surface area contributed by atoms with Crippen LogP contribution in [-0.2, 0) is 16.4 Å². The van der Waals surface area contributed by atoms with E-state index in [1.807, 2.05) is 0 Å². The van der Waals surface area contributed by atoms with Gasteiger partial charge in [-0.15, -0.1) is 10.2 Å². The van der Waals surface area contributed by atoms with E-state index in [9.17, 15) is 12.8 Å². The first-order chi connectivity index (χ1) is 16.8. The second kappa shape index (κ2) is 9.97. The maximum Gasteiger partial charge on any atom is 0.243 e. The molecule has 182 valence electrons. The van der Waals surface area contributed by atoms with Gasteiger partial charge in [-0.25, -0.2) is 27.8 Å². The predicted molar refractivity (Wildman–Crippen MR) is 123 cm³/mol. The average Bonchev–Trinajstić information content (AvgIpc) is 3.27. The summed E-state index contributed by atoms with van der Waals surface area (Å²) >= 11 is 0. The second-order valence-electron chi connectivity index (χ2n) is 7.26. The van der Waals surface area contributed by atoms with Crippen molar-refractivity contribution in [3.05, 3.63) is 60.8 Å². The van der Waals surface area contributed by atoms with Crippen molar-refractivity contribution in [3.8, 4) is 28.7 Å². The summed E-state index contributed by atoms with van der Waals surface area (Å²) in [5.41, 5.74) is 0.696. The standard InChI is InChI=1S/C21H21FN8O4S/c1-13(9-18-25-10-14(22)11-26-18)35(31,32)29-21-28-27-20(15-12-23-7-8-24-15)30(21)19-16(33-2)5-4-6-17(19)34-3/h4-8,10-13H,9H2,1-3H3,(H,28,29)/t13-/m1/s1. The van der Waals surface area contributed by atoms with Crippen molar-refractivity contribution < 1.29 is 22.3 Å². The highest BCUT2D eigenvalue weighted by Crippen LogP contribution is 2.37. The number of nitrogens with zero attached hydrogens (tertiary/aromatic N) is 7. The van der Waals surface area contributed by atoms with E-state index in [1.54, 1.807) is 18.2 Å². The Hall–Kier alpha value is -4.20. The summed E-state index contributed by atoms with van der Waals surface area (Å²) in [6.45, 7) is 1.48. The minimum absolute atomic E-state index is 0.0568. The molecule has 0 aliphatic heterocycles. The molecule has 0 unspecified atom stereocenters. The molecule has 3 aromatic heterocycles. The molecule has 0 saturated heterocycles. The molecule has 0 fully saturated rings. The fourth-order valence-corrected chi connectivity index (χ4v) is 4.19. The molecule has 0 amide bonds. The second-order valence-corrected chi connectivity index (χ2v) is 9.36. The smallest absolute Gasteiger partial charge is 0.243 e. The van der Waals surface area contributed by atoms with Crippen molar-refractivity contribution in [3.63, 3.8) is 0 Å². The van der Waals surface area contributed by atoms with Gasteiger partial charge in [-0.1, -0.05) is 6.07 Å². The van der Waals surface area contributed by atoms with Gasteiger partial charge < -0.3 is 9.47 Å². The van der Waals surface area contributed by atoms with Crippen LogP contribution in [-0.4, -0.2) is 62.6 Å². The molecule has 0 radical (unpaired) electrons. The van der Waals surface area contributed by atoms with Crippen LogP contribution in [0.5, 0.6) is 11.5 Å². The first-order valence-electron chi connectivity index (χ1n) is 10.2. The number of nitrogens with one attached hydrogen (secondary N) is 1. The van der Waals surface area contributed by atoms with E-state index in [2.05, 4.69) is 34.9 Å². The van der Waals surface area contributed by atoms with Gasteiger partial charge in [0.25, 0.3) is 0 Å². The molecular formula is C21H21FN8O4S. The molecule has 0 saturated carbocycles. The molecule has 3 heterocycles. The number of hydrogen-bond donors (Lipinski definition) is 1. The van der Waals surface area contributed by atoms with E-state index in [-0.39, 0.29) is 24.0 Å². The minimum Gasteiger partial charge on any atom is -0.494 e. The Bertz CT molecular complexity index is 1390. The Balaban J connectivity index is 1.79. The lowest BCUT2D eigenvalue weighted by Gasteiger charge is -2.18. The number of aromatic nitrogens is 7. The van der Waals surface area contributed by atoms with Crippen molar-refractivity contribution in [2.45, 2.75) is 18.6 Å². The molecule has 4 rings (SSSR count). The minimum atomic E-state index is -4.02. The van der Waals surface area contributed by atoms with E-state index in [4.69, 9.17) is 9.47 Å². The summed E-state index contributed by atoms with van der Waals surface area (Å²) in [6, 6.07) is 5.10. The Labute approximate surface area is 200 Å². The van der Waals surface area contributed by atoms with Crippen LogP contribution >= 0.6 is 0 Å². The molecular weight excluding hydrogens is 479 g/mol. The number of ether oxygens (including phenoxy) is 2. The van der Waals surface area contributed by atoms with E-state index < -0.39 is 21.1 Å². The molecule has 0 aliphatic rings. The molecule has 1 aromatic carbocycles. The van der Waals surface area contributed by atoms with Gasteiger partial charge in [0.2, 0.25) is 16.0 Å². The highest BCUT2D eigenvalue weighted by atomic mass is 32.2. The number of anilines is 1. The molecule has 0 aliphatic carbocycles. The van der Waals surface area contributed by atoms with Gasteiger partial charge in [0.1, 0.15) is 28.7 Å². The monoisotopic (exact) mass is 500 g/mol. The zero-order valence-corrected chi connectivity index (χ0v) is 19.8. The average molecular weight is 501 g/mol.